The summed E-state index contributed by atoms with van der Waals surface area (Å²) in [6, 6.07) is 3.65. The highest BCUT2D eigenvalue weighted by atomic mass is 127. The van der Waals surface area contributed by atoms with Crippen molar-refractivity contribution >= 4 is 45.5 Å². The maximum Gasteiger partial charge on any atom is 0.192 e. The molecule has 0 saturated heterocycles. The number of rotatable bonds is 2. The van der Waals surface area contributed by atoms with Crippen molar-refractivity contribution in [1.29, 1.82) is 0 Å². The van der Waals surface area contributed by atoms with Crippen molar-refractivity contribution in [3.63, 3.8) is 0 Å². The lowest BCUT2D eigenvalue weighted by molar-refractivity contribution is 1.03. The lowest BCUT2D eigenvalue weighted by atomic mass is 10.2. The van der Waals surface area contributed by atoms with Gasteiger partial charge in [-0.1, -0.05) is 30.0 Å². The fraction of sp³-hybridized carbons (Fsp3) is 0.200. The van der Waals surface area contributed by atoms with E-state index in [0.717, 1.165) is 29.1 Å². The van der Waals surface area contributed by atoms with Gasteiger partial charge in [0.05, 0.1) is 38.8 Å². The monoisotopic (exact) mass is 396 g/mol. The van der Waals surface area contributed by atoms with Gasteiger partial charge in [-0.05, 0) is 25.8 Å². The van der Waals surface area contributed by atoms with Crippen LogP contribution in [0.3, 0.4) is 0 Å². The molecule has 1 aliphatic carbocycles. The molecular formula is C15H13IN2OS. The molecule has 0 bridgehead atoms. The predicted octanol–water partition coefficient (Wildman–Crippen LogP) is 4.23. The molecule has 0 aromatic carbocycles. The number of aromatic nitrogens is 2. The Hall–Kier alpha value is -1.08. The molecule has 0 amide bonds. The van der Waals surface area contributed by atoms with E-state index in [4.69, 9.17) is 0 Å². The fourth-order valence-electron chi connectivity index (χ4n) is 2.12. The number of thioether (sulfide) groups is 1. The SMILES string of the molecule is Cc1cc2c(cn1)c(=O)cc(SC1=CCCC=C1)n2I. The number of halogens is 1. The van der Waals surface area contributed by atoms with Crippen LogP contribution in [-0.2, 0) is 0 Å². The zero-order valence-electron chi connectivity index (χ0n) is 11.0. The van der Waals surface area contributed by atoms with Crippen molar-refractivity contribution < 1.29 is 0 Å². The Morgan fingerprint density at radius 1 is 1.35 bits per heavy atom. The summed E-state index contributed by atoms with van der Waals surface area (Å²) in [4.78, 5) is 17.6. The van der Waals surface area contributed by atoms with Crippen molar-refractivity contribution in [2.24, 2.45) is 0 Å². The lowest BCUT2D eigenvalue weighted by Gasteiger charge is -2.12. The topological polar surface area (TPSA) is 34.9 Å². The summed E-state index contributed by atoms with van der Waals surface area (Å²) >= 11 is 3.88. The van der Waals surface area contributed by atoms with E-state index in [1.165, 1.54) is 4.91 Å². The molecule has 3 nitrogen and oxygen atoms in total. The van der Waals surface area contributed by atoms with Gasteiger partial charge in [0, 0.05) is 22.9 Å². The summed E-state index contributed by atoms with van der Waals surface area (Å²) in [5, 5.41) is 1.62. The van der Waals surface area contributed by atoms with Crippen LogP contribution in [0.2, 0.25) is 0 Å². The summed E-state index contributed by atoms with van der Waals surface area (Å²) in [6.45, 7) is 1.94. The minimum atomic E-state index is 0.0308. The van der Waals surface area contributed by atoms with E-state index in [1.807, 2.05) is 15.8 Å². The van der Waals surface area contributed by atoms with Crippen LogP contribution in [0.5, 0.6) is 0 Å². The molecule has 102 valence electrons. The van der Waals surface area contributed by atoms with Crippen molar-refractivity contribution in [2.45, 2.75) is 24.8 Å². The molecule has 0 fully saturated rings. The number of hydrogen-bond acceptors (Lipinski definition) is 3. The Kier molecular flexibility index (Phi) is 3.98. The van der Waals surface area contributed by atoms with Gasteiger partial charge in [-0.25, -0.2) is 0 Å². The van der Waals surface area contributed by atoms with Gasteiger partial charge >= 0.3 is 0 Å². The van der Waals surface area contributed by atoms with Gasteiger partial charge in [-0.2, -0.15) is 0 Å². The number of fused-ring (bicyclic) bond motifs is 1. The Labute approximate surface area is 135 Å². The second-order valence-electron chi connectivity index (χ2n) is 4.66. The molecule has 0 N–H and O–H groups in total. The number of hydrogen-bond donors (Lipinski definition) is 0. The van der Waals surface area contributed by atoms with Crippen LogP contribution in [0.4, 0.5) is 0 Å². The van der Waals surface area contributed by atoms with E-state index in [-0.39, 0.29) is 5.43 Å². The van der Waals surface area contributed by atoms with E-state index in [0.29, 0.717) is 5.39 Å². The number of aryl methyl sites for hydroxylation is 1. The minimum absolute atomic E-state index is 0.0308. The largest absolute Gasteiger partial charge is 0.289 e. The van der Waals surface area contributed by atoms with Crippen LogP contribution in [-0.4, -0.2) is 7.76 Å². The molecule has 2 aromatic rings. The Morgan fingerprint density at radius 2 is 2.20 bits per heavy atom. The van der Waals surface area contributed by atoms with Crippen LogP contribution >= 0.6 is 34.6 Å². The number of nitrogens with zero attached hydrogens (tertiary/aromatic N) is 2. The maximum absolute atomic E-state index is 12.2. The molecule has 0 radical (unpaired) electrons. The molecule has 20 heavy (non-hydrogen) atoms. The third kappa shape index (κ3) is 2.69. The second kappa shape index (κ2) is 5.73. The van der Waals surface area contributed by atoms with E-state index < -0.39 is 0 Å². The van der Waals surface area contributed by atoms with Crippen molar-refractivity contribution in [2.75, 3.05) is 0 Å². The van der Waals surface area contributed by atoms with Crippen LogP contribution in [0, 0.1) is 6.92 Å². The standard InChI is InChI=1S/C15H13IN2OS/c1-10-7-13-12(9-17-10)14(19)8-15(18(13)16)20-11-5-3-2-4-6-11/h3,5-9H,2,4H2,1H3. The lowest BCUT2D eigenvalue weighted by Crippen LogP contribution is -2.06. The first-order valence-corrected chi connectivity index (χ1v) is 8.16. The molecule has 0 spiro atoms. The number of pyridine rings is 2. The summed E-state index contributed by atoms with van der Waals surface area (Å²) in [5.74, 6) is 0. The minimum Gasteiger partial charge on any atom is -0.289 e. The van der Waals surface area contributed by atoms with Crippen molar-refractivity contribution in [3.8, 4) is 0 Å². The van der Waals surface area contributed by atoms with Gasteiger partial charge in [-0.3, -0.25) is 12.6 Å². The highest BCUT2D eigenvalue weighted by Gasteiger charge is 2.10. The Bertz CT molecular complexity index is 792. The first-order chi connectivity index (χ1) is 9.65. The van der Waals surface area contributed by atoms with Crippen LogP contribution in [0.25, 0.3) is 10.9 Å². The summed E-state index contributed by atoms with van der Waals surface area (Å²) < 4.78 is 2.04. The Morgan fingerprint density at radius 3 is 2.95 bits per heavy atom. The van der Waals surface area contributed by atoms with E-state index in [1.54, 1.807) is 24.0 Å². The smallest absolute Gasteiger partial charge is 0.192 e. The summed E-state index contributed by atoms with van der Waals surface area (Å²) in [7, 11) is 0. The van der Waals surface area contributed by atoms with Gasteiger partial charge < -0.3 is 0 Å². The molecule has 1 aliphatic rings. The zero-order valence-corrected chi connectivity index (χ0v) is 13.9. The molecular weight excluding hydrogens is 383 g/mol. The van der Waals surface area contributed by atoms with Crippen LogP contribution < -0.4 is 5.43 Å². The van der Waals surface area contributed by atoms with Crippen molar-refractivity contribution in [3.05, 3.63) is 57.4 Å². The van der Waals surface area contributed by atoms with E-state index in [9.17, 15) is 4.79 Å². The molecule has 5 heteroatoms. The second-order valence-corrected chi connectivity index (χ2v) is 6.72. The molecule has 0 aliphatic heterocycles. The van der Waals surface area contributed by atoms with Crippen molar-refractivity contribution in [1.82, 2.24) is 7.76 Å². The molecule has 2 heterocycles. The predicted molar refractivity (Wildman–Crippen MR) is 92.5 cm³/mol. The Balaban J connectivity index is 2.12. The molecule has 3 rings (SSSR count). The average molecular weight is 396 g/mol. The van der Waals surface area contributed by atoms with E-state index in [2.05, 4.69) is 46.1 Å². The highest BCUT2D eigenvalue weighted by molar-refractivity contribution is 14.1. The van der Waals surface area contributed by atoms with Gasteiger partial charge in [0.2, 0.25) is 0 Å². The molecule has 2 aromatic heterocycles. The highest BCUT2D eigenvalue weighted by Crippen LogP contribution is 2.32. The van der Waals surface area contributed by atoms with Crippen LogP contribution in [0.15, 0.2) is 51.3 Å². The van der Waals surface area contributed by atoms with Gasteiger partial charge in [0.1, 0.15) is 0 Å². The quantitative estimate of drug-likeness (QED) is 0.713. The summed E-state index contributed by atoms with van der Waals surface area (Å²) in [6.07, 6.45) is 10.3. The maximum atomic E-state index is 12.2. The van der Waals surface area contributed by atoms with Gasteiger partial charge in [0.25, 0.3) is 0 Å². The fourth-order valence-corrected chi connectivity index (χ4v) is 3.90. The number of allylic oxidation sites excluding steroid dienone is 3. The molecule has 0 unspecified atom stereocenters. The van der Waals surface area contributed by atoms with Crippen LogP contribution in [0.1, 0.15) is 18.5 Å². The van der Waals surface area contributed by atoms with Gasteiger partial charge in [0.15, 0.2) is 5.43 Å². The first-order valence-electron chi connectivity index (χ1n) is 6.38. The zero-order chi connectivity index (χ0) is 14.1. The third-order valence-electron chi connectivity index (χ3n) is 3.13. The van der Waals surface area contributed by atoms with Gasteiger partial charge in [-0.15, -0.1) is 0 Å². The first kappa shape index (κ1) is 13.9. The molecule has 0 atom stereocenters. The van der Waals surface area contributed by atoms with E-state index >= 15 is 0 Å². The molecule has 0 saturated carbocycles. The summed E-state index contributed by atoms with van der Waals surface area (Å²) in [5.41, 5.74) is 1.87. The third-order valence-corrected chi connectivity index (χ3v) is 5.54. The average Bonchev–Trinajstić information content (AvgIpc) is 2.45. The normalized spacial score (nSPS) is 14.6.